The van der Waals surface area contributed by atoms with E-state index in [-0.39, 0.29) is 11.9 Å². The molecule has 4 rings (SSSR count). The summed E-state index contributed by atoms with van der Waals surface area (Å²) >= 11 is 0. The number of anilines is 1. The largest absolute Gasteiger partial charge is 0.466 e. The van der Waals surface area contributed by atoms with Crippen molar-refractivity contribution in [3.8, 4) is 0 Å². The highest BCUT2D eigenvalue weighted by molar-refractivity contribution is 5.96. The lowest BCUT2D eigenvalue weighted by Crippen LogP contribution is -2.51. The molecule has 6 heteroatoms. The van der Waals surface area contributed by atoms with Crippen molar-refractivity contribution in [2.75, 3.05) is 31.5 Å². The molecule has 1 fully saturated rings. The summed E-state index contributed by atoms with van der Waals surface area (Å²) in [6.45, 7) is 5.77. The fourth-order valence-corrected chi connectivity index (χ4v) is 4.22. The third-order valence-electron chi connectivity index (χ3n) is 5.76. The van der Waals surface area contributed by atoms with E-state index >= 15 is 0 Å². The number of nitrogens with zero attached hydrogens (tertiary/aromatic N) is 2. The molecule has 0 unspecified atom stereocenters. The van der Waals surface area contributed by atoms with E-state index < -0.39 is 0 Å². The van der Waals surface area contributed by atoms with Crippen LogP contribution in [0.4, 0.5) is 10.5 Å². The van der Waals surface area contributed by atoms with Crippen molar-refractivity contribution in [1.29, 1.82) is 0 Å². The van der Waals surface area contributed by atoms with Crippen molar-refractivity contribution in [3.63, 3.8) is 0 Å². The SMILES string of the molecule is Cc1cc(C(=O)N2CCN(C(=O)Nc3cccc4c3CCCC4)CC2)c(C)o1. The third-order valence-corrected chi connectivity index (χ3v) is 5.76. The Labute approximate surface area is 165 Å². The Balaban J connectivity index is 1.37. The fourth-order valence-electron chi connectivity index (χ4n) is 4.22. The van der Waals surface area contributed by atoms with Crippen LogP contribution in [-0.2, 0) is 12.8 Å². The van der Waals surface area contributed by atoms with Gasteiger partial charge in [0.2, 0.25) is 0 Å². The van der Waals surface area contributed by atoms with Crippen molar-refractivity contribution in [3.05, 3.63) is 52.5 Å². The number of benzene rings is 1. The molecule has 1 saturated heterocycles. The summed E-state index contributed by atoms with van der Waals surface area (Å²) in [5, 5.41) is 3.10. The van der Waals surface area contributed by atoms with Crippen LogP contribution in [-0.4, -0.2) is 47.9 Å². The minimum Gasteiger partial charge on any atom is -0.466 e. The number of nitrogens with one attached hydrogen (secondary N) is 1. The van der Waals surface area contributed by atoms with Gasteiger partial charge in [0.1, 0.15) is 11.5 Å². The Morgan fingerprint density at radius 3 is 2.43 bits per heavy atom. The monoisotopic (exact) mass is 381 g/mol. The van der Waals surface area contributed by atoms with Crippen molar-refractivity contribution in [2.24, 2.45) is 0 Å². The second-order valence-electron chi connectivity index (χ2n) is 7.69. The molecule has 0 radical (unpaired) electrons. The van der Waals surface area contributed by atoms with Crippen LogP contribution in [0.15, 0.2) is 28.7 Å². The predicted molar refractivity (Wildman–Crippen MR) is 108 cm³/mol. The van der Waals surface area contributed by atoms with Crippen LogP contribution in [0.3, 0.4) is 0 Å². The number of carbonyl (C=O) groups excluding carboxylic acids is 2. The number of rotatable bonds is 2. The highest BCUT2D eigenvalue weighted by Crippen LogP contribution is 2.28. The van der Waals surface area contributed by atoms with E-state index in [1.54, 1.807) is 15.9 Å². The normalized spacial score (nSPS) is 16.6. The van der Waals surface area contributed by atoms with Gasteiger partial charge in [0.25, 0.3) is 5.91 Å². The molecule has 2 aliphatic rings. The van der Waals surface area contributed by atoms with Gasteiger partial charge in [0.15, 0.2) is 0 Å². The number of piperazine rings is 1. The summed E-state index contributed by atoms with van der Waals surface area (Å²) < 4.78 is 5.48. The van der Waals surface area contributed by atoms with E-state index in [0.29, 0.717) is 37.5 Å². The molecule has 1 N–H and O–H groups in total. The van der Waals surface area contributed by atoms with E-state index in [4.69, 9.17) is 4.42 Å². The van der Waals surface area contributed by atoms with Gasteiger partial charge >= 0.3 is 6.03 Å². The summed E-state index contributed by atoms with van der Waals surface area (Å²) in [5.41, 5.74) is 4.18. The van der Waals surface area contributed by atoms with Gasteiger partial charge in [-0.15, -0.1) is 0 Å². The highest BCUT2D eigenvalue weighted by Gasteiger charge is 2.27. The first-order valence-electron chi connectivity index (χ1n) is 10.1. The molecule has 0 saturated carbocycles. The molecule has 28 heavy (non-hydrogen) atoms. The number of urea groups is 1. The third kappa shape index (κ3) is 3.63. The lowest BCUT2D eigenvalue weighted by Gasteiger charge is -2.35. The van der Waals surface area contributed by atoms with Crippen molar-refractivity contribution in [2.45, 2.75) is 39.5 Å². The zero-order chi connectivity index (χ0) is 19.7. The Kier molecular flexibility index (Phi) is 5.11. The predicted octanol–water partition coefficient (Wildman–Crippen LogP) is 3.77. The van der Waals surface area contributed by atoms with Crippen LogP contribution in [0.5, 0.6) is 0 Å². The van der Waals surface area contributed by atoms with Gasteiger partial charge in [-0.05, 0) is 62.8 Å². The topological polar surface area (TPSA) is 65.8 Å². The molecule has 2 aromatic rings. The van der Waals surface area contributed by atoms with Gasteiger partial charge in [0, 0.05) is 31.9 Å². The van der Waals surface area contributed by atoms with Gasteiger partial charge in [-0.25, -0.2) is 4.79 Å². The number of fused-ring (bicyclic) bond motifs is 1. The van der Waals surface area contributed by atoms with E-state index in [9.17, 15) is 9.59 Å². The fraction of sp³-hybridized carbons (Fsp3) is 0.455. The van der Waals surface area contributed by atoms with Gasteiger partial charge in [-0.2, -0.15) is 0 Å². The van der Waals surface area contributed by atoms with Crippen LogP contribution < -0.4 is 5.32 Å². The lowest BCUT2D eigenvalue weighted by atomic mass is 9.90. The molecule has 0 atom stereocenters. The van der Waals surface area contributed by atoms with Crippen molar-refractivity contribution < 1.29 is 14.0 Å². The van der Waals surface area contributed by atoms with Crippen LogP contribution in [0.1, 0.15) is 45.8 Å². The molecule has 1 aromatic heterocycles. The Morgan fingerprint density at radius 2 is 1.71 bits per heavy atom. The van der Waals surface area contributed by atoms with E-state index in [0.717, 1.165) is 24.3 Å². The van der Waals surface area contributed by atoms with Crippen LogP contribution in [0, 0.1) is 13.8 Å². The second-order valence-corrected chi connectivity index (χ2v) is 7.69. The van der Waals surface area contributed by atoms with Gasteiger partial charge < -0.3 is 19.5 Å². The van der Waals surface area contributed by atoms with Crippen LogP contribution >= 0.6 is 0 Å². The smallest absolute Gasteiger partial charge is 0.321 e. The first-order valence-corrected chi connectivity index (χ1v) is 10.1. The Hall–Kier alpha value is -2.76. The maximum absolute atomic E-state index is 12.8. The quantitative estimate of drug-likeness (QED) is 0.861. The zero-order valence-corrected chi connectivity index (χ0v) is 16.6. The molecule has 1 aliphatic heterocycles. The minimum absolute atomic E-state index is 0.0217. The number of furan rings is 1. The maximum atomic E-state index is 12.8. The number of amides is 3. The summed E-state index contributed by atoms with van der Waals surface area (Å²) in [6, 6.07) is 7.88. The average Bonchev–Trinajstić information content (AvgIpc) is 3.06. The number of hydrogen-bond acceptors (Lipinski definition) is 3. The Morgan fingerprint density at radius 1 is 1.00 bits per heavy atom. The van der Waals surface area contributed by atoms with Crippen LogP contribution in [0.25, 0.3) is 0 Å². The lowest BCUT2D eigenvalue weighted by molar-refractivity contribution is 0.0670. The van der Waals surface area contributed by atoms with Crippen molar-refractivity contribution >= 4 is 17.6 Å². The Bertz CT molecular complexity index is 894. The number of hydrogen-bond donors (Lipinski definition) is 1. The summed E-state index contributed by atoms with van der Waals surface area (Å²) in [4.78, 5) is 29.1. The second kappa shape index (κ2) is 7.70. The van der Waals surface area contributed by atoms with Gasteiger partial charge in [-0.1, -0.05) is 12.1 Å². The van der Waals surface area contributed by atoms with Gasteiger partial charge in [-0.3, -0.25) is 4.79 Å². The maximum Gasteiger partial charge on any atom is 0.321 e. The summed E-state index contributed by atoms with van der Waals surface area (Å²) in [6.07, 6.45) is 4.51. The molecule has 0 spiro atoms. The highest BCUT2D eigenvalue weighted by atomic mass is 16.3. The zero-order valence-electron chi connectivity index (χ0n) is 16.6. The van der Waals surface area contributed by atoms with E-state index in [1.807, 2.05) is 26.0 Å². The molecule has 6 nitrogen and oxygen atoms in total. The number of aryl methyl sites for hydroxylation is 3. The molecule has 2 heterocycles. The van der Waals surface area contributed by atoms with Crippen LogP contribution in [0.2, 0.25) is 0 Å². The molecule has 1 aliphatic carbocycles. The molecule has 0 bridgehead atoms. The first kappa shape index (κ1) is 18.6. The molecule has 3 amide bonds. The average molecular weight is 381 g/mol. The summed E-state index contributed by atoms with van der Waals surface area (Å²) in [7, 11) is 0. The van der Waals surface area contributed by atoms with E-state index in [2.05, 4.69) is 11.4 Å². The van der Waals surface area contributed by atoms with Gasteiger partial charge in [0.05, 0.1) is 5.56 Å². The summed E-state index contributed by atoms with van der Waals surface area (Å²) in [5.74, 6) is 1.37. The first-order chi connectivity index (χ1) is 13.5. The molecular formula is C22H27N3O3. The molecule has 1 aromatic carbocycles. The molecular weight excluding hydrogens is 354 g/mol. The minimum atomic E-state index is -0.0820. The molecule has 148 valence electrons. The van der Waals surface area contributed by atoms with E-state index in [1.165, 1.54) is 24.0 Å². The standard InChI is InChI=1S/C22H27N3O3/c1-15-14-19(16(2)28-15)21(26)24-10-12-25(13-11-24)22(27)23-20-9-5-7-17-6-3-4-8-18(17)20/h5,7,9,14H,3-4,6,8,10-13H2,1-2H3,(H,23,27). The number of carbonyl (C=O) groups is 2. The van der Waals surface area contributed by atoms with Crippen molar-refractivity contribution in [1.82, 2.24) is 9.80 Å².